The third-order valence-corrected chi connectivity index (χ3v) is 4.40. The van der Waals surface area contributed by atoms with E-state index in [0.717, 1.165) is 0 Å². The van der Waals surface area contributed by atoms with Gasteiger partial charge in [-0.2, -0.15) is 0 Å². The first-order valence-corrected chi connectivity index (χ1v) is 7.07. The Morgan fingerprint density at radius 1 is 0.682 bits per heavy atom. The van der Waals surface area contributed by atoms with Crippen LogP contribution in [-0.2, 0) is 0 Å². The molecule has 0 nitrogen and oxygen atoms in total. The predicted octanol–water partition coefficient (Wildman–Crippen LogP) is 3.87. The Morgan fingerprint density at radius 2 is 1.09 bits per heavy atom. The van der Waals surface area contributed by atoms with Crippen LogP contribution in [0.2, 0.25) is 0 Å². The molecule has 0 heterocycles. The second-order valence-corrected chi connectivity index (χ2v) is 5.51. The molecule has 0 amide bonds. The number of benzene rings is 2. The molecule has 0 aliphatic heterocycles. The SMILES string of the molecule is C=C(C1C=Cc2ccccc21)C1C=Cc2ccccc21.[LiH].[LiH]. The summed E-state index contributed by atoms with van der Waals surface area (Å²) in [5.41, 5.74) is 6.70. The van der Waals surface area contributed by atoms with Crippen LogP contribution in [0.1, 0.15) is 34.1 Å². The first kappa shape index (κ1) is 17.2. The van der Waals surface area contributed by atoms with E-state index in [-0.39, 0.29) is 37.7 Å². The first-order valence-electron chi connectivity index (χ1n) is 7.07. The molecule has 0 saturated heterocycles. The molecular formula is C20H18Li2. The number of rotatable bonds is 2. The Hall–Kier alpha value is -1.15. The van der Waals surface area contributed by atoms with E-state index in [1.807, 2.05) is 0 Å². The van der Waals surface area contributed by atoms with E-state index in [2.05, 4.69) is 79.4 Å². The van der Waals surface area contributed by atoms with E-state index in [4.69, 9.17) is 0 Å². The van der Waals surface area contributed by atoms with E-state index in [0.29, 0.717) is 11.8 Å². The van der Waals surface area contributed by atoms with Crippen molar-refractivity contribution in [2.45, 2.75) is 11.8 Å². The summed E-state index contributed by atoms with van der Waals surface area (Å²) in [6.07, 6.45) is 9.00. The minimum absolute atomic E-state index is 0. The van der Waals surface area contributed by atoms with Gasteiger partial charge in [-0.25, -0.2) is 0 Å². The van der Waals surface area contributed by atoms with Crippen LogP contribution < -0.4 is 0 Å². The zero-order valence-corrected chi connectivity index (χ0v) is 11.3. The average Bonchev–Trinajstić information content (AvgIpc) is 3.11. The molecule has 0 N–H and O–H groups in total. The number of allylic oxidation sites excluding steroid dienone is 3. The maximum atomic E-state index is 4.41. The Balaban J connectivity index is 0.000000882. The molecule has 2 aliphatic rings. The minimum atomic E-state index is 0. The van der Waals surface area contributed by atoms with Crippen molar-refractivity contribution >= 4 is 49.9 Å². The quantitative estimate of drug-likeness (QED) is 0.575. The van der Waals surface area contributed by atoms with Crippen LogP contribution >= 0.6 is 0 Å². The van der Waals surface area contributed by atoms with Crippen molar-refractivity contribution in [2.75, 3.05) is 0 Å². The number of hydrogen-bond donors (Lipinski definition) is 0. The van der Waals surface area contributed by atoms with E-state index in [9.17, 15) is 0 Å². The van der Waals surface area contributed by atoms with Gasteiger partial charge in [0, 0.05) is 11.8 Å². The van der Waals surface area contributed by atoms with E-state index in [1.54, 1.807) is 0 Å². The van der Waals surface area contributed by atoms with Crippen molar-refractivity contribution in [3.05, 3.63) is 95.1 Å². The fraction of sp³-hybridized carbons (Fsp3) is 0.100. The van der Waals surface area contributed by atoms with Crippen LogP contribution in [0, 0.1) is 0 Å². The summed E-state index contributed by atoms with van der Waals surface area (Å²) in [7, 11) is 0. The third-order valence-electron chi connectivity index (χ3n) is 4.40. The zero-order valence-electron chi connectivity index (χ0n) is 11.3. The van der Waals surface area contributed by atoms with Gasteiger partial charge in [0.25, 0.3) is 0 Å². The monoisotopic (exact) mass is 272 g/mol. The molecule has 0 aromatic heterocycles. The molecule has 2 unspecified atom stereocenters. The second kappa shape index (κ2) is 6.96. The van der Waals surface area contributed by atoms with Crippen molar-refractivity contribution < 1.29 is 0 Å². The Kier molecular flexibility index (Phi) is 5.44. The van der Waals surface area contributed by atoms with Crippen LogP contribution in [-0.4, -0.2) is 37.7 Å². The topological polar surface area (TPSA) is 0 Å². The van der Waals surface area contributed by atoms with Crippen molar-refractivity contribution in [3.63, 3.8) is 0 Å². The molecule has 4 rings (SSSR count). The van der Waals surface area contributed by atoms with Crippen LogP contribution in [0.3, 0.4) is 0 Å². The Bertz CT molecular complexity index is 692. The van der Waals surface area contributed by atoms with Gasteiger partial charge < -0.3 is 0 Å². The molecule has 22 heavy (non-hydrogen) atoms. The standard InChI is InChI=1S/C20H16.2Li.2H/c1-14(17-12-10-15-6-2-4-8-19(15)17)18-13-11-16-7-3-5-9-20(16)18;;;;/h2-13,17-18H,1H2;;;;. The fourth-order valence-electron chi connectivity index (χ4n) is 3.34. The molecule has 2 aromatic carbocycles. The molecule has 0 bridgehead atoms. The van der Waals surface area contributed by atoms with Gasteiger partial charge >= 0.3 is 37.7 Å². The fourth-order valence-corrected chi connectivity index (χ4v) is 3.34. The third kappa shape index (κ3) is 2.74. The molecule has 0 saturated carbocycles. The van der Waals surface area contributed by atoms with E-state index >= 15 is 0 Å². The van der Waals surface area contributed by atoms with Crippen LogP contribution in [0.4, 0.5) is 0 Å². The van der Waals surface area contributed by atoms with Gasteiger partial charge in [0.2, 0.25) is 0 Å². The summed E-state index contributed by atoms with van der Waals surface area (Å²) in [5, 5.41) is 0. The Morgan fingerprint density at radius 3 is 1.55 bits per heavy atom. The van der Waals surface area contributed by atoms with E-state index < -0.39 is 0 Å². The number of hydrogen-bond acceptors (Lipinski definition) is 0. The molecular weight excluding hydrogens is 254 g/mol. The maximum absolute atomic E-state index is 4.41. The van der Waals surface area contributed by atoms with Gasteiger partial charge in [-0.1, -0.05) is 85.0 Å². The summed E-state index contributed by atoms with van der Waals surface area (Å²) < 4.78 is 0. The summed E-state index contributed by atoms with van der Waals surface area (Å²) in [6.45, 7) is 4.41. The average molecular weight is 272 g/mol. The van der Waals surface area contributed by atoms with Crippen molar-refractivity contribution in [3.8, 4) is 0 Å². The zero-order chi connectivity index (χ0) is 13.5. The first-order chi connectivity index (χ1) is 9.84. The number of fused-ring (bicyclic) bond motifs is 2. The predicted molar refractivity (Wildman–Crippen MR) is 99.9 cm³/mol. The second-order valence-electron chi connectivity index (χ2n) is 5.51. The summed E-state index contributed by atoms with van der Waals surface area (Å²) in [5.74, 6) is 0.680. The van der Waals surface area contributed by atoms with Gasteiger partial charge in [0.15, 0.2) is 0 Å². The van der Waals surface area contributed by atoms with Crippen molar-refractivity contribution in [2.24, 2.45) is 0 Å². The van der Waals surface area contributed by atoms with Gasteiger partial charge in [-0.15, -0.1) is 0 Å². The molecule has 100 valence electrons. The van der Waals surface area contributed by atoms with Gasteiger partial charge in [-0.3, -0.25) is 0 Å². The van der Waals surface area contributed by atoms with Crippen molar-refractivity contribution in [1.82, 2.24) is 0 Å². The van der Waals surface area contributed by atoms with Crippen LogP contribution in [0.15, 0.2) is 72.8 Å². The molecule has 2 aliphatic carbocycles. The van der Waals surface area contributed by atoms with E-state index in [1.165, 1.54) is 27.8 Å². The molecule has 2 heteroatoms. The summed E-state index contributed by atoms with van der Waals surface area (Å²) >= 11 is 0. The van der Waals surface area contributed by atoms with Gasteiger partial charge in [0.1, 0.15) is 0 Å². The van der Waals surface area contributed by atoms with Crippen LogP contribution in [0.5, 0.6) is 0 Å². The molecule has 0 fully saturated rings. The molecule has 2 atom stereocenters. The van der Waals surface area contributed by atoms with Gasteiger partial charge in [-0.05, 0) is 22.3 Å². The van der Waals surface area contributed by atoms with Crippen LogP contribution in [0.25, 0.3) is 12.2 Å². The normalized spacial score (nSPS) is 19.8. The molecule has 0 spiro atoms. The molecule has 2 aromatic rings. The summed E-state index contributed by atoms with van der Waals surface area (Å²) in [6, 6.07) is 17.2. The summed E-state index contributed by atoms with van der Waals surface area (Å²) in [4.78, 5) is 0. The van der Waals surface area contributed by atoms with Gasteiger partial charge in [0.05, 0.1) is 0 Å². The Labute approximate surface area is 156 Å². The van der Waals surface area contributed by atoms with Crippen molar-refractivity contribution in [1.29, 1.82) is 0 Å². The molecule has 0 radical (unpaired) electrons.